The van der Waals surface area contributed by atoms with Crippen molar-refractivity contribution < 1.29 is 19.4 Å². The molecule has 3 aromatic rings. The number of carbonyl (C=O) groups is 1. The number of rotatable bonds is 6. The molecule has 0 aliphatic carbocycles. The fourth-order valence-electron chi connectivity index (χ4n) is 2.54. The number of nitrogens with zero attached hydrogens (tertiary/aromatic N) is 2. The van der Waals surface area contributed by atoms with E-state index in [9.17, 15) is 14.4 Å². The Morgan fingerprint density at radius 1 is 1.31 bits per heavy atom. The molecule has 0 amide bonds. The maximum atomic E-state index is 12.5. The normalized spacial score (nSPS) is 12.2. The first-order valence-electron chi connectivity index (χ1n) is 8.37. The third-order valence-electron chi connectivity index (χ3n) is 4.00. The quantitative estimate of drug-likeness (QED) is 0.592. The van der Waals surface area contributed by atoms with Gasteiger partial charge in [0.25, 0.3) is 5.56 Å². The summed E-state index contributed by atoms with van der Waals surface area (Å²) in [5.74, 6) is -0.933. The number of H-pyrrole nitrogens is 1. The van der Waals surface area contributed by atoms with Gasteiger partial charge < -0.3 is 19.6 Å². The molecule has 0 unspecified atom stereocenters. The molecule has 9 nitrogen and oxygen atoms in total. The number of para-hydroxylation sites is 1. The van der Waals surface area contributed by atoms with Crippen LogP contribution in [-0.4, -0.2) is 40.2 Å². The van der Waals surface area contributed by atoms with Gasteiger partial charge in [0.1, 0.15) is 0 Å². The number of carboxylic acids is 1. The van der Waals surface area contributed by atoms with E-state index < -0.39 is 23.3 Å². The van der Waals surface area contributed by atoms with E-state index >= 15 is 0 Å². The van der Waals surface area contributed by atoms with E-state index in [1.807, 2.05) is 0 Å². The zero-order chi connectivity index (χ0) is 21.1. The predicted molar refractivity (Wildman–Crippen MR) is 108 cm³/mol. The number of nitrogens with one attached hydrogen (secondary N) is 1. The SMILES string of the molecule is COc1cc(C=Nn2c(=O)[nH]c3ccccc3c2=O)cc(Cl)c1O[C@@H](C)C(=O)O. The lowest BCUT2D eigenvalue weighted by molar-refractivity contribution is -0.144. The second-order valence-corrected chi connectivity index (χ2v) is 6.38. The molecule has 1 heterocycles. The van der Waals surface area contributed by atoms with E-state index in [-0.39, 0.29) is 16.5 Å². The van der Waals surface area contributed by atoms with Crippen molar-refractivity contribution in [3.05, 3.63) is 67.8 Å². The van der Waals surface area contributed by atoms with Crippen molar-refractivity contribution in [1.29, 1.82) is 0 Å². The third-order valence-corrected chi connectivity index (χ3v) is 4.28. The molecule has 0 radical (unpaired) electrons. The maximum absolute atomic E-state index is 12.5. The van der Waals surface area contributed by atoms with Gasteiger partial charge in [0, 0.05) is 0 Å². The summed E-state index contributed by atoms with van der Waals surface area (Å²) in [4.78, 5) is 38.3. The lowest BCUT2D eigenvalue weighted by Gasteiger charge is -2.15. The summed E-state index contributed by atoms with van der Waals surface area (Å²) in [5, 5.41) is 13.3. The first-order chi connectivity index (χ1) is 13.8. The monoisotopic (exact) mass is 417 g/mol. The van der Waals surface area contributed by atoms with E-state index in [1.165, 1.54) is 32.4 Å². The summed E-state index contributed by atoms with van der Waals surface area (Å²) in [5.41, 5.74) is -0.457. The average Bonchev–Trinajstić information content (AvgIpc) is 2.69. The van der Waals surface area contributed by atoms with Crippen LogP contribution in [-0.2, 0) is 4.79 Å². The number of hydrogen-bond acceptors (Lipinski definition) is 6. The van der Waals surface area contributed by atoms with Gasteiger partial charge in [0.2, 0.25) is 0 Å². The standard InChI is InChI=1S/C19H16ClN3O6/c1-10(18(25)26)29-16-13(20)7-11(8-15(16)28-2)9-21-23-17(24)12-5-3-4-6-14(12)22-19(23)27/h3-10H,1-2H3,(H,22,27)(H,25,26)/t10-/m0/s1. The molecule has 29 heavy (non-hydrogen) atoms. The van der Waals surface area contributed by atoms with E-state index in [0.717, 1.165) is 0 Å². The number of benzene rings is 2. The van der Waals surface area contributed by atoms with Crippen molar-refractivity contribution >= 4 is 34.7 Å². The number of methoxy groups -OCH3 is 1. The molecular weight excluding hydrogens is 402 g/mol. The first kappa shape index (κ1) is 20.2. The average molecular weight is 418 g/mol. The highest BCUT2D eigenvalue weighted by Crippen LogP contribution is 2.36. The van der Waals surface area contributed by atoms with Gasteiger partial charge in [0.05, 0.1) is 29.2 Å². The first-order valence-corrected chi connectivity index (χ1v) is 8.75. The summed E-state index contributed by atoms with van der Waals surface area (Å²) in [6, 6.07) is 9.51. The van der Waals surface area contributed by atoms with Gasteiger partial charge in [-0.05, 0) is 36.8 Å². The van der Waals surface area contributed by atoms with Crippen molar-refractivity contribution in [2.45, 2.75) is 13.0 Å². The van der Waals surface area contributed by atoms with Crippen LogP contribution in [0.25, 0.3) is 10.9 Å². The fraction of sp³-hybridized carbons (Fsp3) is 0.158. The second-order valence-electron chi connectivity index (χ2n) is 5.97. The molecular formula is C19H16ClN3O6. The second kappa shape index (κ2) is 8.19. The molecule has 1 aromatic heterocycles. The molecule has 0 fully saturated rings. The topological polar surface area (TPSA) is 123 Å². The summed E-state index contributed by atoms with van der Waals surface area (Å²) in [6.45, 7) is 1.35. The minimum absolute atomic E-state index is 0.0573. The van der Waals surface area contributed by atoms with Crippen LogP contribution in [0.15, 0.2) is 51.1 Å². The van der Waals surface area contributed by atoms with Crippen LogP contribution < -0.4 is 20.7 Å². The summed E-state index contributed by atoms with van der Waals surface area (Å²) in [6.07, 6.45) is 0.111. The van der Waals surface area contributed by atoms with Crippen molar-refractivity contribution in [2.75, 3.05) is 7.11 Å². The number of hydrogen-bond donors (Lipinski definition) is 2. The lowest BCUT2D eigenvalue weighted by atomic mass is 10.2. The molecule has 0 saturated carbocycles. The Labute approximate surface area is 168 Å². The Kier molecular flexibility index (Phi) is 5.69. The number of carboxylic acid groups (broad SMARTS) is 1. The van der Waals surface area contributed by atoms with Crippen LogP contribution in [0.2, 0.25) is 5.02 Å². The molecule has 0 spiro atoms. The fourth-order valence-corrected chi connectivity index (χ4v) is 2.80. The van der Waals surface area contributed by atoms with Crippen molar-refractivity contribution in [1.82, 2.24) is 9.66 Å². The molecule has 150 valence electrons. The lowest BCUT2D eigenvalue weighted by Crippen LogP contribution is -2.32. The van der Waals surface area contributed by atoms with Gasteiger partial charge in [-0.25, -0.2) is 9.59 Å². The van der Waals surface area contributed by atoms with Gasteiger partial charge in [-0.1, -0.05) is 23.7 Å². The largest absolute Gasteiger partial charge is 0.493 e. The molecule has 10 heteroatoms. The molecule has 0 bridgehead atoms. The number of fused-ring (bicyclic) bond motifs is 1. The van der Waals surface area contributed by atoms with Gasteiger partial charge >= 0.3 is 11.7 Å². The molecule has 2 aromatic carbocycles. The van der Waals surface area contributed by atoms with Gasteiger partial charge in [0.15, 0.2) is 17.6 Å². The Balaban J connectivity index is 2.01. The van der Waals surface area contributed by atoms with E-state index in [0.29, 0.717) is 21.1 Å². The Bertz CT molecular complexity index is 1230. The maximum Gasteiger partial charge on any atom is 0.349 e. The summed E-state index contributed by atoms with van der Waals surface area (Å²) >= 11 is 6.19. The zero-order valence-electron chi connectivity index (χ0n) is 15.4. The highest BCUT2D eigenvalue weighted by atomic mass is 35.5. The van der Waals surface area contributed by atoms with Crippen molar-refractivity contribution in [3.8, 4) is 11.5 Å². The van der Waals surface area contributed by atoms with Crippen LogP contribution >= 0.6 is 11.6 Å². The third kappa shape index (κ3) is 4.14. The molecule has 0 aliphatic heterocycles. The molecule has 0 saturated heterocycles. The van der Waals surface area contributed by atoms with Gasteiger partial charge in [-0.3, -0.25) is 4.79 Å². The van der Waals surface area contributed by atoms with E-state index in [4.69, 9.17) is 26.2 Å². The van der Waals surface area contributed by atoms with E-state index in [1.54, 1.807) is 24.3 Å². The number of aromatic nitrogens is 2. The van der Waals surface area contributed by atoms with Crippen molar-refractivity contribution in [2.24, 2.45) is 5.10 Å². The number of aromatic amines is 1. The Morgan fingerprint density at radius 2 is 2.03 bits per heavy atom. The summed E-state index contributed by atoms with van der Waals surface area (Å²) in [7, 11) is 1.36. The molecule has 1 atom stereocenters. The molecule has 3 rings (SSSR count). The summed E-state index contributed by atoms with van der Waals surface area (Å²) < 4.78 is 11.2. The highest BCUT2D eigenvalue weighted by molar-refractivity contribution is 6.32. The predicted octanol–water partition coefficient (Wildman–Crippen LogP) is 2.09. The van der Waals surface area contributed by atoms with Crippen LogP contribution in [0, 0.1) is 0 Å². The van der Waals surface area contributed by atoms with Gasteiger partial charge in [-0.2, -0.15) is 5.10 Å². The Morgan fingerprint density at radius 3 is 2.72 bits per heavy atom. The van der Waals surface area contributed by atoms with Crippen molar-refractivity contribution in [3.63, 3.8) is 0 Å². The van der Waals surface area contributed by atoms with E-state index in [2.05, 4.69) is 10.1 Å². The van der Waals surface area contributed by atoms with Gasteiger partial charge in [-0.15, -0.1) is 4.68 Å². The highest BCUT2D eigenvalue weighted by Gasteiger charge is 2.19. The van der Waals surface area contributed by atoms with Crippen LogP contribution in [0.1, 0.15) is 12.5 Å². The van der Waals surface area contributed by atoms with Crippen LogP contribution in [0.5, 0.6) is 11.5 Å². The minimum atomic E-state index is -1.16. The Hall–Kier alpha value is -3.59. The van der Waals surface area contributed by atoms with Crippen LogP contribution in [0.4, 0.5) is 0 Å². The molecule has 2 N–H and O–H groups in total. The number of ether oxygens (including phenoxy) is 2. The number of halogens is 1. The van der Waals surface area contributed by atoms with Crippen LogP contribution in [0.3, 0.4) is 0 Å². The molecule has 0 aliphatic rings. The zero-order valence-corrected chi connectivity index (χ0v) is 16.1. The smallest absolute Gasteiger partial charge is 0.349 e. The minimum Gasteiger partial charge on any atom is -0.493 e. The number of aliphatic carboxylic acids is 1.